The minimum atomic E-state index is -0.198. The largest absolute Gasteiger partial charge is 0.466 e. The highest BCUT2D eigenvalue weighted by molar-refractivity contribution is 5.77. The van der Waals surface area contributed by atoms with Gasteiger partial charge < -0.3 is 19.7 Å². The molecule has 5 rings (SSSR count). The van der Waals surface area contributed by atoms with E-state index >= 15 is 0 Å². The molecule has 1 N–H and O–H groups in total. The number of carbonyl (C=O) groups is 1. The van der Waals surface area contributed by atoms with E-state index in [1.165, 1.54) is 37.7 Å². The predicted octanol–water partition coefficient (Wildman–Crippen LogP) is 2.74. The fourth-order valence-electron chi connectivity index (χ4n) is 5.36. The van der Waals surface area contributed by atoms with Crippen LogP contribution in [0.25, 0.3) is 0 Å². The summed E-state index contributed by atoms with van der Waals surface area (Å²) in [4.78, 5) is 17.2. The Morgan fingerprint density at radius 3 is 2.65 bits per heavy atom. The first kappa shape index (κ1) is 23.1. The molecular formula is C26H35N5O3. The van der Waals surface area contributed by atoms with Crippen LogP contribution in [0.5, 0.6) is 5.88 Å². The van der Waals surface area contributed by atoms with E-state index in [2.05, 4.69) is 37.4 Å². The normalized spacial score (nSPS) is 21.6. The van der Waals surface area contributed by atoms with Crippen molar-refractivity contribution in [1.82, 2.24) is 20.4 Å². The van der Waals surface area contributed by atoms with Crippen molar-refractivity contribution in [2.45, 2.75) is 50.7 Å². The predicted molar refractivity (Wildman–Crippen MR) is 130 cm³/mol. The number of rotatable bonds is 7. The zero-order chi connectivity index (χ0) is 23.2. The molecule has 1 saturated carbocycles. The number of nitrogens with one attached hydrogen (secondary N) is 1. The maximum atomic E-state index is 12.3. The number of hydrogen-bond acceptors (Lipinski definition) is 7. The van der Waals surface area contributed by atoms with Crippen molar-refractivity contribution in [3.8, 4) is 5.88 Å². The number of hydrogen-bond donors (Lipinski definition) is 1. The molecule has 2 aliphatic heterocycles. The number of benzene rings is 1. The van der Waals surface area contributed by atoms with Gasteiger partial charge in [0, 0.05) is 44.8 Å². The van der Waals surface area contributed by atoms with E-state index in [1.54, 1.807) is 6.07 Å². The van der Waals surface area contributed by atoms with Crippen LogP contribution < -0.4 is 15.0 Å². The van der Waals surface area contributed by atoms with Crippen LogP contribution in [-0.4, -0.2) is 73.0 Å². The Labute approximate surface area is 201 Å². The average molecular weight is 466 g/mol. The van der Waals surface area contributed by atoms with Crippen molar-refractivity contribution < 1.29 is 14.3 Å². The monoisotopic (exact) mass is 465 g/mol. The highest BCUT2D eigenvalue weighted by Gasteiger charge is 2.26. The Balaban J connectivity index is 1.04. The van der Waals surface area contributed by atoms with Crippen LogP contribution in [0.2, 0.25) is 0 Å². The van der Waals surface area contributed by atoms with Crippen LogP contribution in [-0.2, 0) is 16.0 Å². The van der Waals surface area contributed by atoms with Crippen molar-refractivity contribution >= 4 is 11.7 Å². The van der Waals surface area contributed by atoms with Crippen LogP contribution in [0, 0.1) is 0 Å². The molecule has 8 heteroatoms. The zero-order valence-corrected chi connectivity index (χ0v) is 19.8. The maximum Gasteiger partial charge on any atom is 0.258 e. The van der Waals surface area contributed by atoms with Gasteiger partial charge in [-0.15, -0.1) is 10.2 Å². The highest BCUT2D eigenvalue weighted by Crippen LogP contribution is 2.26. The molecule has 2 aromatic rings. The van der Waals surface area contributed by atoms with E-state index in [9.17, 15) is 4.79 Å². The summed E-state index contributed by atoms with van der Waals surface area (Å²) in [5.74, 6) is 1.03. The molecule has 3 heterocycles. The maximum absolute atomic E-state index is 12.3. The van der Waals surface area contributed by atoms with Crippen molar-refractivity contribution in [3.63, 3.8) is 0 Å². The van der Waals surface area contributed by atoms with Crippen LogP contribution >= 0.6 is 0 Å². The SMILES string of the molecule is O=C(COc1ccc(N2CCN(C3CCCCC3)CC2)nn1)NC[C@H]1OCCc2ccccc21. The number of amides is 1. The summed E-state index contributed by atoms with van der Waals surface area (Å²) < 4.78 is 11.4. The molecule has 182 valence electrons. The molecule has 3 aliphatic rings. The molecule has 1 atom stereocenters. The molecule has 1 aromatic carbocycles. The van der Waals surface area contributed by atoms with Crippen LogP contribution in [0.1, 0.15) is 49.3 Å². The van der Waals surface area contributed by atoms with Gasteiger partial charge in [0.2, 0.25) is 5.88 Å². The molecular weight excluding hydrogens is 430 g/mol. The quantitative estimate of drug-likeness (QED) is 0.674. The van der Waals surface area contributed by atoms with E-state index in [4.69, 9.17) is 9.47 Å². The smallest absolute Gasteiger partial charge is 0.258 e. The molecule has 0 unspecified atom stereocenters. The highest BCUT2D eigenvalue weighted by atomic mass is 16.5. The molecule has 2 fully saturated rings. The van der Waals surface area contributed by atoms with Gasteiger partial charge in [0.1, 0.15) is 6.10 Å². The van der Waals surface area contributed by atoms with Crippen LogP contribution in [0.15, 0.2) is 36.4 Å². The first-order valence-corrected chi connectivity index (χ1v) is 12.7. The summed E-state index contributed by atoms with van der Waals surface area (Å²) in [6, 6.07) is 12.7. The standard InChI is InChI=1S/C26H35N5O3/c32-25(27-18-23-22-9-5-4-6-20(22)12-17-33-23)19-34-26-11-10-24(28-29-26)31-15-13-30(14-16-31)21-7-2-1-3-8-21/h4-6,9-11,21,23H,1-3,7-8,12-19H2,(H,27,32)/t23-/m1/s1. The minimum Gasteiger partial charge on any atom is -0.466 e. The molecule has 1 saturated heterocycles. The lowest BCUT2D eigenvalue weighted by molar-refractivity contribution is -0.124. The molecule has 1 aromatic heterocycles. The third kappa shape index (κ3) is 5.67. The molecule has 0 spiro atoms. The fraction of sp³-hybridized carbons (Fsp3) is 0.577. The number of nitrogens with zero attached hydrogens (tertiary/aromatic N) is 4. The van der Waals surface area contributed by atoms with Gasteiger partial charge in [-0.3, -0.25) is 9.69 Å². The van der Waals surface area contributed by atoms with E-state index in [0.29, 0.717) is 19.0 Å². The Morgan fingerprint density at radius 2 is 1.85 bits per heavy atom. The van der Waals surface area contributed by atoms with Gasteiger partial charge in [-0.25, -0.2) is 0 Å². The third-order valence-corrected chi connectivity index (χ3v) is 7.28. The summed E-state index contributed by atoms with van der Waals surface area (Å²) in [7, 11) is 0. The van der Waals surface area contributed by atoms with Gasteiger partial charge >= 0.3 is 0 Å². The van der Waals surface area contributed by atoms with Gasteiger partial charge in [0.25, 0.3) is 5.91 Å². The number of anilines is 1. The molecule has 1 aliphatic carbocycles. The summed E-state index contributed by atoms with van der Waals surface area (Å²) in [6.45, 7) is 5.12. The number of aromatic nitrogens is 2. The van der Waals surface area contributed by atoms with E-state index in [-0.39, 0.29) is 18.6 Å². The molecule has 8 nitrogen and oxygen atoms in total. The Hall–Kier alpha value is -2.71. The fourth-order valence-corrected chi connectivity index (χ4v) is 5.36. The number of ether oxygens (including phenoxy) is 2. The van der Waals surface area contributed by atoms with Crippen molar-refractivity contribution in [3.05, 3.63) is 47.5 Å². The second kappa shape index (κ2) is 11.1. The first-order valence-electron chi connectivity index (χ1n) is 12.7. The second-order valence-electron chi connectivity index (χ2n) is 9.45. The minimum absolute atomic E-state index is 0.0948. The third-order valence-electron chi connectivity index (χ3n) is 7.28. The zero-order valence-electron chi connectivity index (χ0n) is 19.8. The van der Waals surface area contributed by atoms with Crippen LogP contribution in [0.3, 0.4) is 0 Å². The van der Waals surface area contributed by atoms with Gasteiger partial charge in [-0.1, -0.05) is 43.5 Å². The van der Waals surface area contributed by atoms with Gasteiger partial charge in [0.05, 0.1) is 6.61 Å². The number of piperazine rings is 1. The van der Waals surface area contributed by atoms with Gasteiger partial charge in [0.15, 0.2) is 12.4 Å². The van der Waals surface area contributed by atoms with E-state index < -0.39 is 0 Å². The van der Waals surface area contributed by atoms with Crippen molar-refractivity contribution in [1.29, 1.82) is 0 Å². The lowest BCUT2D eigenvalue weighted by Crippen LogP contribution is -2.51. The number of fused-ring (bicyclic) bond motifs is 1. The summed E-state index contributed by atoms with van der Waals surface area (Å²) in [5.41, 5.74) is 2.44. The van der Waals surface area contributed by atoms with E-state index in [0.717, 1.165) is 50.0 Å². The van der Waals surface area contributed by atoms with E-state index in [1.807, 2.05) is 18.2 Å². The summed E-state index contributed by atoms with van der Waals surface area (Å²) in [6.07, 6.45) is 7.63. The molecule has 34 heavy (non-hydrogen) atoms. The number of carbonyl (C=O) groups excluding carboxylic acids is 1. The lowest BCUT2D eigenvalue weighted by atomic mass is 9.94. The average Bonchev–Trinajstić information content (AvgIpc) is 2.91. The summed E-state index contributed by atoms with van der Waals surface area (Å²) in [5, 5.41) is 11.4. The molecule has 0 bridgehead atoms. The Kier molecular flexibility index (Phi) is 7.56. The van der Waals surface area contributed by atoms with Crippen LogP contribution in [0.4, 0.5) is 5.82 Å². The Morgan fingerprint density at radius 1 is 1.03 bits per heavy atom. The molecule has 1 amide bonds. The Bertz CT molecular complexity index is 940. The second-order valence-corrected chi connectivity index (χ2v) is 9.45. The topological polar surface area (TPSA) is 79.8 Å². The first-order chi connectivity index (χ1) is 16.8. The molecule has 0 radical (unpaired) electrons. The lowest BCUT2D eigenvalue weighted by Gasteiger charge is -2.41. The van der Waals surface area contributed by atoms with Gasteiger partial charge in [-0.05, 0) is 36.5 Å². The van der Waals surface area contributed by atoms with Crippen molar-refractivity contribution in [2.24, 2.45) is 0 Å². The summed E-state index contributed by atoms with van der Waals surface area (Å²) >= 11 is 0. The van der Waals surface area contributed by atoms with Gasteiger partial charge in [-0.2, -0.15) is 0 Å². The van der Waals surface area contributed by atoms with Crippen molar-refractivity contribution in [2.75, 3.05) is 50.8 Å².